The van der Waals surface area contributed by atoms with Crippen LogP contribution in [0.4, 0.5) is 0 Å². The number of hydrogen-bond donors (Lipinski definition) is 1. The molecular formula is C14H22N2O2S. The molecule has 1 aliphatic heterocycles. The van der Waals surface area contributed by atoms with E-state index in [1.807, 2.05) is 6.20 Å². The molecule has 0 aromatic carbocycles. The van der Waals surface area contributed by atoms with E-state index in [9.17, 15) is 4.79 Å². The minimum Gasteiger partial charge on any atom is -0.378 e. The van der Waals surface area contributed by atoms with Crippen LogP contribution in [0.2, 0.25) is 0 Å². The molecule has 4 nitrogen and oxygen atoms in total. The first-order chi connectivity index (χ1) is 9.28. The maximum atomic E-state index is 11.7. The first kappa shape index (κ1) is 14.5. The highest BCUT2D eigenvalue weighted by Crippen LogP contribution is 2.16. The van der Waals surface area contributed by atoms with Crippen molar-refractivity contribution in [2.45, 2.75) is 51.6 Å². The van der Waals surface area contributed by atoms with Gasteiger partial charge in [0.1, 0.15) is 0 Å². The molecule has 106 valence electrons. The first-order valence-corrected chi connectivity index (χ1v) is 7.91. The lowest BCUT2D eigenvalue weighted by Gasteiger charge is -2.08. The van der Waals surface area contributed by atoms with E-state index < -0.39 is 0 Å². The molecule has 1 saturated heterocycles. The molecule has 5 heteroatoms. The van der Waals surface area contributed by atoms with E-state index in [1.54, 1.807) is 11.3 Å². The third-order valence-electron chi connectivity index (χ3n) is 3.33. The monoisotopic (exact) mass is 282 g/mol. The highest BCUT2D eigenvalue weighted by molar-refractivity contribution is 7.11. The van der Waals surface area contributed by atoms with Crippen LogP contribution in [-0.4, -0.2) is 30.1 Å². The third kappa shape index (κ3) is 4.91. The maximum absolute atomic E-state index is 11.7. The fourth-order valence-electron chi connectivity index (χ4n) is 2.19. The van der Waals surface area contributed by atoms with Crippen LogP contribution in [0.25, 0.3) is 0 Å². The van der Waals surface area contributed by atoms with Crippen molar-refractivity contribution >= 4 is 17.2 Å². The van der Waals surface area contributed by atoms with Gasteiger partial charge in [0.15, 0.2) is 0 Å². The Labute approximate surface area is 118 Å². The average Bonchev–Trinajstić information content (AvgIpc) is 3.07. The lowest BCUT2D eigenvalue weighted by Crippen LogP contribution is -2.26. The second kappa shape index (κ2) is 7.60. The quantitative estimate of drug-likeness (QED) is 0.835. The van der Waals surface area contributed by atoms with Gasteiger partial charge in [0.25, 0.3) is 0 Å². The van der Waals surface area contributed by atoms with Crippen molar-refractivity contribution in [3.8, 4) is 0 Å². The summed E-state index contributed by atoms with van der Waals surface area (Å²) in [5.41, 5.74) is 0. The molecule has 1 unspecified atom stereocenters. The van der Waals surface area contributed by atoms with E-state index in [0.717, 1.165) is 43.7 Å². The van der Waals surface area contributed by atoms with Crippen LogP contribution in [0, 0.1) is 0 Å². The molecule has 0 saturated carbocycles. The molecular weight excluding hydrogens is 260 g/mol. The number of nitrogens with zero attached hydrogens (tertiary/aromatic N) is 1. The lowest BCUT2D eigenvalue weighted by molar-refractivity contribution is -0.121. The van der Waals surface area contributed by atoms with Gasteiger partial charge < -0.3 is 10.1 Å². The second-order valence-corrected chi connectivity index (χ2v) is 6.05. The Morgan fingerprint density at radius 1 is 1.63 bits per heavy atom. The first-order valence-electron chi connectivity index (χ1n) is 7.10. The number of nitrogens with one attached hydrogen (secondary N) is 1. The van der Waals surface area contributed by atoms with Gasteiger partial charge in [-0.15, -0.1) is 11.3 Å². The van der Waals surface area contributed by atoms with Crippen molar-refractivity contribution in [1.29, 1.82) is 0 Å². The summed E-state index contributed by atoms with van der Waals surface area (Å²) in [4.78, 5) is 17.3. The minimum atomic E-state index is 0.128. The summed E-state index contributed by atoms with van der Waals surface area (Å²) in [7, 11) is 0. The van der Waals surface area contributed by atoms with Crippen molar-refractivity contribution in [2.24, 2.45) is 0 Å². The van der Waals surface area contributed by atoms with Gasteiger partial charge in [-0.1, -0.05) is 6.92 Å². The molecule has 2 rings (SSSR count). The number of ether oxygens (including phenoxy) is 1. The Kier molecular flexibility index (Phi) is 5.79. The Morgan fingerprint density at radius 2 is 2.53 bits per heavy atom. The molecule has 1 fully saturated rings. The summed E-state index contributed by atoms with van der Waals surface area (Å²) in [5.74, 6) is 0.128. The zero-order valence-corrected chi connectivity index (χ0v) is 12.3. The molecule has 0 radical (unpaired) electrons. The predicted octanol–water partition coefficient (Wildman–Crippen LogP) is 2.32. The summed E-state index contributed by atoms with van der Waals surface area (Å²) < 4.78 is 5.50. The zero-order valence-electron chi connectivity index (χ0n) is 11.5. The average molecular weight is 282 g/mol. The van der Waals surface area contributed by atoms with Crippen molar-refractivity contribution < 1.29 is 9.53 Å². The molecule has 2 heterocycles. The summed E-state index contributed by atoms with van der Waals surface area (Å²) >= 11 is 1.74. The van der Waals surface area contributed by atoms with E-state index in [-0.39, 0.29) is 5.91 Å². The summed E-state index contributed by atoms with van der Waals surface area (Å²) in [6.45, 7) is 3.67. The van der Waals surface area contributed by atoms with Crippen LogP contribution in [-0.2, 0) is 22.4 Å². The highest BCUT2D eigenvalue weighted by Gasteiger charge is 2.16. The van der Waals surface area contributed by atoms with E-state index in [4.69, 9.17) is 4.74 Å². The normalized spacial score (nSPS) is 18.7. The van der Waals surface area contributed by atoms with Gasteiger partial charge in [-0.3, -0.25) is 4.79 Å². The third-order valence-corrected chi connectivity index (χ3v) is 4.53. The van der Waals surface area contributed by atoms with Crippen LogP contribution in [0.1, 0.15) is 42.5 Å². The largest absolute Gasteiger partial charge is 0.378 e. The van der Waals surface area contributed by atoms with Crippen LogP contribution in [0.3, 0.4) is 0 Å². The fourth-order valence-corrected chi connectivity index (χ4v) is 3.05. The Morgan fingerprint density at radius 3 is 3.21 bits per heavy atom. The molecule has 1 aromatic rings. The second-order valence-electron chi connectivity index (χ2n) is 4.85. The number of carbonyl (C=O) groups excluding carboxylic acids is 1. The lowest BCUT2D eigenvalue weighted by atomic mass is 10.1. The number of hydrogen-bond acceptors (Lipinski definition) is 4. The van der Waals surface area contributed by atoms with Gasteiger partial charge in [-0.2, -0.15) is 0 Å². The van der Waals surface area contributed by atoms with E-state index in [0.29, 0.717) is 19.1 Å². The Bertz CT molecular complexity index is 400. The molecule has 1 aliphatic rings. The van der Waals surface area contributed by atoms with Crippen molar-refractivity contribution in [3.05, 3.63) is 16.1 Å². The summed E-state index contributed by atoms with van der Waals surface area (Å²) in [6.07, 6.45) is 7.76. The number of amides is 1. The molecule has 1 amide bonds. The molecule has 1 atom stereocenters. The Hall–Kier alpha value is -0.940. The number of aryl methyl sites for hydroxylation is 1. The van der Waals surface area contributed by atoms with Crippen molar-refractivity contribution in [2.75, 3.05) is 13.2 Å². The zero-order chi connectivity index (χ0) is 13.5. The summed E-state index contributed by atoms with van der Waals surface area (Å²) in [5, 5.41) is 4.06. The maximum Gasteiger partial charge on any atom is 0.220 e. The van der Waals surface area contributed by atoms with Crippen LogP contribution < -0.4 is 5.32 Å². The Balaban J connectivity index is 1.58. The number of rotatable bonds is 7. The molecule has 1 N–H and O–H groups in total. The van der Waals surface area contributed by atoms with Gasteiger partial charge in [0.05, 0.1) is 11.1 Å². The molecule has 1 aromatic heterocycles. The minimum absolute atomic E-state index is 0.128. The van der Waals surface area contributed by atoms with Crippen LogP contribution in [0.15, 0.2) is 6.20 Å². The molecule has 0 spiro atoms. The highest BCUT2D eigenvalue weighted by atomic mass is 32.1. The van der Waals surface area contributed by atoms with Gasteiger partial charge in [-0.05, 0) is 25.7 Å². The number of carbonyl (C=O) groups is 1. The molecule has 19 heavy (non-hydrogen) atoms. The molecule has 0 bridgehead atoms. The van der Waals surface area contributed by atoms with Gasteiger partial charge in [0, 0.05) is 37.1 Å². The van der Waals surface area contributed by atoms with Crippen molar-refractivity contribution in [1.82, 2.24) is 10.3 Å². The van der Waals surface area contributed by atoms with Crippen LogP contribution >= 0.6 is 11.3 Å². The smallest absolute Gasteiger partial charge is 0.220 e. The van der Waals surface area contributed by atoms with Gasteiger partial charge in [0.2, 0.25) is 5.91 Å². The van der Waals surface area contributed by atoms with Crippen LogP contribution in [0.5, 0.6) is 0 Å². The topological polar surface area (TPSA) is 51.2 Å². The predicted molar refractivity (Wildman–Crippen MR) is 76.4 cm³/mol. The van der Waals surface area contributed by atoms with Crippen molar-refractivity contribution in [3.63, 3.8) is 0 Å². The number of aromatic nitrogens is 1. The summed E-state index contributed by atoms with van der Waals surface area (Å²) in [6, 6.07) is 0. The van der Waals surface area contributed by atoms with E-state index in [1.165, 1.54) is 4.88 Å². The number of thiazole rings is 1. The van der Waals surface area contributed by atoms with E-state index in [2.05, 4.69) is 17.2 Å². The molecule has 0 aliphatic carbocycles. The SMILES string of the molecule is CCc1cnc(CCNC(=O)CCC2CCCO2)s1. The van der Waals surface area contributed by atoms with Gasteiger partial charge in [-0.25, -0.2) is 4.98 Å². The standard InChI is InChI=1S/C14H22N2O2S/c1-2-12-10-16-14(19-12)7-8-15-13(17)6-5-11-4-3-9-18-11/h10-11H,2-9H2,1H3,(H,15,17). The fraction of sp³-hybridized carbons (Fsp3) is 0.714. The van der Waals surface area contributed by atoms with E-state index >= 15 is 0 Å². The van der Waals surface area contributed by atoms with Gasteiger partial charge >= 0.3 is 0 Å².